The molecule has 0 radical (unpaired) electrons. The zero-order valence-electron chi connectivity index (χ0n) is 16.5. The number of nitrogens with zero attached hydrogens (tertiary/aromatic N) is 3. The lowest BCUT2D eigenvalue weighted by atomic mass is 10.1. The molecule has 8 heteroatoms. The third-order valence-electron chi connectivity index (χ3n) is 5.21. The molecular formula is C22H24BrClIN4O+. The van der Waals surface area contributed by atoms with Crippen LogP contribution in [0.1, 0.15) is 41.3 Å². The van der Waals surface area contributed by atoms with Crippen LogP contribution in [0.2, 0.25) is 5.02 Å². The number of ketones is 1. The van der Waals surface area contributed by atoms with E-state index in [4.69, 9.17) is 16.7 Å². The summed E-state index contributed by atoms with van der Waals surface area (Å²) in [6, 6.07) is 15.3. The number of hydrogen-bond donors (Lipinski definition) is 1. The van der Waals surface area contributed by atoms with E-state index in [1.54, 1.807) is 24.3 Å². The summed E-state index contributed by atoms with van der Waals surface area (Å²) in [5.74, 6) is 2.17. The fourth-order valence-corrected chi connectivity index (χ4v) is 4.39. The minimum Gasteiger partial charge on any atom is -0.374 e. The number of hydrogen-bond acceptors (Lipinski definition) is 3. The number of halogens is 3. The second kappa shape index (κ2) is 10.7. The Balaban J connectivity index is 0.00000256. The van der Waals surface area contributed by atoms with Crippen LogP contribution >= 0.6 is 51.2 Å². The Morgan fingerprint density at radius 3 is 2.67 bits per heavy atom. The molecule has 0 aliphatic carbocycles. The molecule has 1 aliphatic heterocycles. The Morgan fingerprint density at radius 1 is 1.13 bits per heavy atom. The summed E-state index contributed by atoms with van der Waals surface area (Å²) in [6.45, 7) is 1.84. The van der Waals surface area contributed by atoms with Crippen molar-refractivity contribution >= 4 is 62.6 Å². The van der Waals surface area contributed by atoms with Gasteiger partial charge in [-0.15, -0.1) is 21.7 Å². The summed E-state index contributed by atoms with van der Waals surface area (Å²) in [7, 11) is 0. The van der Waals surface area contributed by atoms with Gasteiger partial charge in [-0.1, -0.05) is 23.7 Å². The van der Waals surface area contributed by atoms with Crippen molar-refractivity contribution in [3.8, 4) is 0 Å². The Morgan fingerprint density at radius 2 is 1.90 bits per heavy atom. The van der Waals surface area contributed by atoms with E-state index in [0.29, 0.717) is 17.1 Å². The highest BCUT2D eigenvalue weighted by atomic mass is 127. The van der Waals surface area contributed by atoms with Gasteiger partial charge in [-0.2, -0.15) is 0 Å². The van der Waals surface area contributed by atoms with Gasteiger partial charge in [-0.25, -0.2) is 4.57 Å². The van der Waals surface area contributed by atoms with E-state index in [1.807, 2.05) is 16.8 Å². The maximum absolute atomic E-state index is 12.8. The van der Waals surface area contributed by atoms with Crippen LogP contribution in [0.5, 0.6) is 0 Å². The molecule has 0 bridgehead atoms. The molecule has 0 saturated heterocycles. The Labute approximate surface area is 205 Å². The van der Waals surface area contributed by atoms with Crippen LogP contribution in [-0.2, 0) is 26.1 Å². The summed E-state index contributed by atoms with van der Waals surface area (Å²) in [5.41, 5.74) is 1.76. The molecule has 0 amide bonds. The lowest BCUT2D eigenvalue weighted by molar-refractivity contribution is -0.710. The van der Waals surface area contributed by atoms with Crippen molar-refractivity contribution in [2.75, 3.05) is 5.32 Å². The van der Waals surface area contributed by atoms with Gasteiger partial charge >= 0.3 is 0 Å². The second-order valence-corrected chi connectivity index (χ2v) is 8.81. The largest absolute Gasteiger partial charge is 0.374 e. The smallest absolute Gasteiger partial charge is 0.296 e. The Hall–Kier alpha value is -1.45. The SMILES string of the molecule is Br.O=C(Cn1nc(CNc2ccccc2I)[n+]2c1CCCCC2)c1ccc(Cl)cc1. The number of para-hydroxylation sites is 1. The monoisotopic (exact) mass is 601 g/mol. The molecule has 5 nitrogen and oxygen atoms in total. The first-order chi connectivity index (χ1) is 14.1. The van der Waals surface area contributed by atoms with Crippen molar-refractivity contribution in [1.82, 2.24) is 9.78 Å². The fourth-order valence-electron chi connectivity index (χ4n) is 3.69. The molecule has 1 N–H and O–H groups in total. The van der Waals surface area contributed by atoms with E-state index in [2.05, 4.69) is 44.6 Å². The molecule has 2 aromatic carbocycles. The first-order valence-electron chi connectivity index (χ1n) is 9.87. The average molecular weight is 603 g/mol. The van der Waals surface area contributed by atoms with Crippen LogP contribution in [0, 0.1) is 3.57 Å². The zero-order chi connectivity index (χ0) is 20.2. The van der Waals surface area contributed by atoms with E-state index in [-0.39, 0.29) is 29.3 Å². The first kappa shape index (κ1) is 23.2. The van der Waals surface area contributed by atoms with E-state index >= 15 is 0 Å². The Bertz CT molecular complexity index is 1020. The number of nitrogens with one attached hydrogen (secondary N) is 1. The van der Waals surface area contributed by atoms with Crippen LogP contribution in [0.25, 0.3) is 0 Å². The molecule has 0 fully saturated rings. The molecule has 2 heterocycles. The van der Waals surface area contributed by atoms with Crippen molar-refractivity contribution in [2.24, 2.45) is 0 Å². The van der Waals surface area contributed by atoms with Gasteiger partial charge in [0.05, 0.1) is 6.54 Å². The minimum atomic E-state index is 0. The molecule has 1 aromatic heterocycles. The van der Waals surface area contributed by atoms with Crippen molar-refractivity contribution in [1.29, 1.82) is 0 Å². The predicted molar refractivity (Wildman–Crippen MR) is 133 cm³/mol. The number of carbonyl (C=O) groups excluding carboxylic acids is 1. The van der Waals surface area contributed by atoms with Gasteiger partial charge in [0, 0.05) is 31.4 Å². The molecule has 0 unspecified atom stereocenters. The molecule has 30 heavy (non-hydrogen) atoms. The molecule has 0 saturated carbocycles. The molecule has 158 valence electrons. The highest BCUT2D eigenvalue weighted by Gasteiger charge is 2.28. The fraction of sp³-hybridized carbons (Fsp3) is 0.318. The Kier molecular flexibility index (Phi) is 8.30. The van der Waals surface area contributed by atoms with E-state index in [9.17, 15) is 4.79 Å². The molecule has 4 rings (SSSR count). The molecule has 1 aliphatic rings. The number of anilines is 1. The minimum absolute atomic E-state index is 0. The zero-order valence-corrected chi connectivity index (χ0v) is 21.1. The first-order valence-corrected chi connectivity index (χ1v) is 11.3. The number of aromatic nitrogens is 3. The van der Waals surface area contributed by atoms with Crippen molar-refractivity contribution < 1.29 is 9.36 Å². The highest BCUT2D eigenvalue weighted by molar-refractivity contribution is 14.1. The van der Waals surface area contributed by atoms with E-state index in [0.717, 1.165) is 43.1 Å². The van der Waals surface area contributed by atoms with Gasteiger partial charge in [-0.3, -0.25) is 4.79 Å². The summed E-state index contributed by atoms with van der Waals surface area (Å²) in [6.07, 6.45) is 4.43. The van der Waals surface area contributed by atoms with Gasteiger partial charge in [0.2, 0.25) is 5.82 Å². The van der Waals surface area contributed by atoms with Crippen molar-refractivity contribution in [3.63, 3.8) is 0 Å². The number of fused-ring (bicyclic) bond motifs is 1. The lowest BCUT2D eigenvalue weighted by Gasteiger charge is -2.06. The average Bonchev–Trinajstić information content (AvgIpc) is 2.89. The normalized spacial score (nSPS) is 13.1. The lowest BCUT2D eigenvalue weighted by Crippen LogP contribution is -2.41. The molecule has 0 atom stereocenters. The third kappa shape index (κ3) is 5.42. The van der Waals surface area contributed by atoms with Gasteiger partial charge in [-0.05, 0) is 78.3 Å². The van der Waals surface area contributed by atoms with E-state index in [1.165, 1.54) is 9.99 Å². The maximum atomic E-state index is 12.8. The topological polar surface area (TPSA) is 50.8 Å². The van der Waals surface area contributed by atoms with Gasteiger partial charge in [0.1, 0.15) is 6.54 Å². The summed E-state index contributed by atoms with van der Waals surface area (Å²) < 4.78 is 5.37. The van der Waals surface area contributed by atoms with Crippen LogP contribution in [0.3, 0.4) is 0 Å². The van der Waals surface area contributed by atoms with Gasteiger partial charge in [0.25, 0.3) is 5.82 Å². The quantitative estimate of drug-likeness (QED) is 0.239. The third-order valence-corrected chi connectivity index (χ3v) is 6.40. The molecule has 3 aromatic rings. The van der Waals surface area contributed by atoms with Crippen LogP contribution < -0.4 is 9.88 Å². The van der Waals surface area contributed by atoms with Gasteiger partial charge in [0.15, 0.2) is 12.3 Å². The second-order valence-electron chi connectivity index (χ2n) is 7.22. The number of Topliss-reactive ketones (excluding diaryl/α,β-unsaturated/α-hetero) is 1. The molecule has 0 spiro atoms. The number of benzene rings is 2. The predicted octanol–water partition coefficient (Wildman–Crippen LogP) is 5.23. The highest BCUT2D eigenvalue weighted by Crippen LogP contribution is 2.18. The van der Waals surface area contributed by atoms with Gasteiger partial charge < -0.3 is 5.32 Å². The van der Waals surface area contributed by atoms with E-state index < -0.39 is 0 Å². The summed E-state index contributed by atoms with van der Waals surface area (Å²) in [5, 5.41) is 8.96. The van der Waals surface area contributed by atoms with Crippen molar-refractivity contribution in [3.05, 3.63) is 74.3 Å². The summed E-state index contributed by atoms with van der Waals surface area (Å²) >= 11 is 8.28. The molecular weight excluding hydrogens is 579 g/mol. The van der Waals surface area contributed by atoms with Crippen LogP contribution in [0.4, 0.5) is 5.69 Å². The maximum Gasteiger partial charge on any atom is 0.296 e. The number of rotatable bonds is 6. The standard InChI is InChI=1S/C22H23ClIN4O.BrH/c23-17-11-9-16(10-12-17)20(29)15-28-22-8-2-1-5-13-27(22)21(26-28)14-25-19-7-4-3-6-18(19)24;/h3-4,6-7,9-12,25H,1-2,5,8,13-15H2;1H/q+1;. The van der Waals surface area contributed by atoms with Crippen LogP contribution in [0.15, 0.2) is 48.5 Å². The number of carbonyl (C=O) groups is 1. The van der Waals surface area contributed by atoms with Crippen molar-refractivity contribution in [2.45, 2.75) is 45.3 Å². The van der Waals surface area contributed by atoms with Crippen LogP contribution in [-0.4, -0.2) is 15.6 Å². The summed E-state index contributed by atoms with van der Waals surface area (Å²) in [4.78, 5) is 12.8.